The Labute approximate surface area is 212 Å². The van der Waals surface area contributed by atoms with Crippen LogP contribution in [0.15, 0.2) is 27.1 Å². The Hall–Kier alpha value is -3.17. The summed E-state index contributed by atoms with van der Waals surface area (Å²) in [6, 6.07) is 1.36. The van der Waals surface area contributed by atoms with Gasteiger partial charge in [0.05, 0.1) is 18.9 Å². The molecular formula is C21H28F2N6O5SSi. The second-order valence-corrected chi connectivity index (χ2v) is 10.4. The van der Waals surface area contributed by atoms with E-state index in [0.717, 1.165) is 30.4 Å². The van der Waals surface area contributed by atoms with E-state index in [0.29, 0.717) is 27.5 Å². The molecule has 15 heteroatoms. The molecular weight excluding hydrogens is 514 g/mol. The minimum Gasteiger partial charge on any atom is -0.488 e. The minimum atomic E-state index is -2.53. The summed E-state index contributed by atoms with van der Waals surface area (Å²) < 4.78 is 41.0. The zero-order valence-corrected chi connectivity index (χ0v) is 22.8. The van der Waals surface area contributed by atoms with Gasteiger partial charge >= 0.3 is 5.63 Å². The van der Waals surface area contributed by atoms with E-state index in [1.54, 1.807) is 6.92 Å². The first-order valence-electron chi connectivity index (χ1n) is 11.2. The lowest BCUT2D eigenvalue weighted by molar-refractivity contribution is -0.0373. The van der Waals surface area contributed by atoms with Crippen molar-refractivity contribution < 1.29 is 27.5 Å². The van der Waals surface area contributed by atoms with E-state index < -0.39 is 24.6 Å². The van der Waals surface area contributed by atoms with Crippen molar-refractivity contribution in [1.29, 1.82) is 5.41 Å². The molecule has 0 spiro atoms. The first-order valence-corrected chi connectivity index (χ1v) is 13.2. The van der Waals surface area contributed by atoms with Gasteiger partial charge in [0.1, 0.15) is 6.61 Å². The number of alkyl halides is 2. The van der Waals surface area contributed by atoms with Crippen molar-refractivity contribution >= 4 is 49.7 Å². The van der Waals surface area contributed by atoms with Gasteiger partial charge in [0.15, 0.2) is 5.76 Å². The lowest BCUT2D eigenvalue weighted by Gasteiger charge is -2.28. The van der Waals surface area contributed by atoms with Crippen molar-refractivity contribution in [2.24, 2.45) is 5.92 Å². The highest BCUT2D eigenvalue weighted by atomic mass is 32.1. The van der Waals surface area contributed by atoms with Gasteiger partial charge in [-0.25, -0.2) is 13.6 Å². The predicted molar refractivity (Wildman–Crippen MR) is 136 cm³/mol. The van der Waals surface area contributed by atoms with Crippen molar-refractivity contribution in [2.75, 3.05) is 29.7 Å². The van der Waals surface area contributed by atoms with E-state index in [1.807, 2.05) is 0 Å². The van der Waals surface area contributed by atoms with Crippen LogP contribution in [-0.2, 0) is 4.74 Å². The number of amides is 1. The Morgan fingerprint density at radius 3 is 2.75 bits per heavy atom. The molecule has 3 rings (SSSR count). The lowest BCUT2D eigenvalue weighted by atomic mass is 10.1. The number of hydrogen-bond acceptors (Lipinski definition) is 11. The Morgan fingerprint density at radius 1 is 1.36 bits per heavy atom. The zero-order valence-electron chi connectivity index (χ0n) is 20.0. The van der Waals surface area contributed by atoms with Crippen LogP contribution in [0.25, 0.3) is 0 Å². The highest BCUT2D eigenvalue weighted by molar-refractivity contribution is 7.19. The second kappa shape index (κ2) is 12.7. The Morgan fingerprint density at radius 2 is 2.08 bits per heavy atom. The molecule has 4 N–H and O–H groups in total. The predicted octanol–water partition coefficient (Wildman–Crippen LogP) is 2.27. The molecule has 0 bridgehead atoms. The SMILES string of the molecule is COc1c(NC([SiH3])[C@H]2CCC[C@H]2OCC(F)F)cc(C(=O)Nc2nnc(N/C(C)=C\C=N)s2)oc1=O. The fourth-order valence-electron chi connectivity index (χ4n) is 4.00. The van der Waals surface area contributed by atoms with Gasteiger partial charge in [0, 0.05) is 39.8 Å². The van der Waals surface area contributed by atoms with E-state index in [4.69, 9.17) is 19.3 Å². The summed E-state index contributed by atoms with van der Waals surface area (Å²) in [5.41, 5.74) is -0.0376. The average molecular weight is 543 g/mol. The number of anilines is 3. The maximum atomic E-state index is 12.8. The van der Waals surface area contributed by atoms with Gasteiger partial charge in [-0.15, -0.1) is 10.2 Å². The number of nitrogens with one attached hydrogen (secondary N) is 4. The fraction of sp³-hybridized carbons (Fsp3) is 0.476. The van der Waals surface area contributed by atoms with Crippen LogP contribution in [0.1, 0.15) is 36.7 Å². The maximum Gasteiger partial charge on any atom is 0.381 e. The number of halogens is 2. The zero-order chi connectivity index (χ0) is 26.2. The van der Waals surface area contributed by atoms with Crippen molar-refractivity contribution in [1.82, 2.24) is 10.2 Å². The summed E-state index contributed by atoms with van der Waals surface area (Å²) in [5.74, 6) is -1.08. The molecule has 2 heterocycles. The van der Waals surface area contributed by atoms with Crippen LogP contribution in [0.4, 0.5) is 24.7 Å². The number of rotatable bonds is 12. The molecule has 196 valence electrons. The number of aromatic nitrogens is 2. The fourth-order valence-corrected chi connectivity index (χ4v) is 5.77. The third-order valence-electron chi connectivity index (χ3n) is 5.58. The van der Waals surface area contributed by atoms with Gasteiger partial charge in [0.2, 0.25) is 16.0 Å². The van der Waals surface area contributed by atoms with Gasteiger partial charge in [-0.2, -0.15) is 0 Å². The van der Waals surface area contributed by atoms with Crippen LogP contribution in [0, 0.1) is 11.3 Å². The van der Waals surface area contributed by atoms with E-state index in [-0.39, 0.29) is 40.0 Å². The topological polar surface area (TPSA) is 151 Å². The van der Waals surface area contributed by atoms with Gasteiger partial charge < -0.3 is 29.9 Å². The number of hydrogen-bond donors (Lipinski definition) is 4. The summed E-state index contributed by atoms with van der Waals surface area (Å²) in [7, 11) is 1.94. The Bertz CT molecular complexity index is 1160. The molecule has 0 saturated heterocycles. The van der Waals surface area contributed by atoms with Gasteiger partial charge in [-0.1, -0.05) is 17.8 Å². The molecule has 0 aliphatic heterocycles. The van der Waals surface area contributed by atoms with Crippen molar-refractivity contribution in [3.05, 3.63) is 34.0 Å². The number of nitrogens with zero attached hydrogens (tertiary/aromatic N) is 2. The highest BCUT2D eigenvalue weighted by Crippen LogP contribution is 2.33. The summed E-state index contributed by atoms with van der Waals surface area (Å²) in [6.07, 6.45) is 2.16. The van der Waals surface area contributed by atoms with Crippen molar-refractivity contribution in [3.8, 4) is 5.75 Å². The number of carbonyl (C=O) groups excluding carboxylic acids is 1. The van der Waals surface area contributed by atoms with Gasteiger partial charge in [0.25, 0.3) is 12.3 Å². The smallest absolute Gasteiger partial charge is 0.381 e. The number of ether oxygens (including phenoxy) is 2. The molecule has 2 aromatic rings. The monoisotopic (exact) mass is 542 g/mol. The van der Waals surface area contributed by atoms with Crippen LogP contribution in [0.3, 0.4) is 0 Å². The minimum absolute atomic E-state index is 0.0119. The maximum absolute atomic E-state index is 12.8. The Balaban J connectivity index is 1.74. The third kappa shape index (κ3) is 7.17. The molecule has 0 radical (unpaired) electrons. The van der Waals surface area contributed by atoms with Gasteiger partial charge in [-0.3, -0.25) is 10.1 Å². The third-order valence-corrected chi connectivity index (χ3v) is 7.48. The molecule has 1 saturated carbocycles. The molecule has 2 aromatic heterocycles. The molecule has 0 aromatic carbocycles. The molecule has 11 nitrogen and oxygen atoms in total. The molecule has 1 aliphatic carbocycles. The number of carbonyl (C=O) groups is 1. The average Bonchev–Trinajstić information content (AvgIpc) is 3.47. The first-order chi connectivity index (χ1) is 17.2. The van der Waals surface area contributed by atoms with E-state index in [1.165, 1.54) is 19.3 Å². The lowest BCUT2D eigenvalue weighted by Crippen LogP contribution is -2.36. The second-order valence-electron chi connectivity index (χ2n) is 8.14. The quantitative estimate of drug-likeness (QED) is 0.234. The van der Waals surface area contributed by atoms with Crippen molar-refractivity contribution in [3.63, 3.8) is 0 Å². The highest BCUT2D eigenvalue weighted by Gasteiger charge is 2.33. The molecule has 3 atom stereocenters. The standard InChI is InChI=1S/C21H28F2N6O5SSi/c1-10(6-7-24)25-20-28-29-21(35-20)27-17(30)14-8-12(16(32-2)19(31)34-14)26-18(36)11-4-3-5-13(11)33-9-15(22)23/h6-8,11,13,15,18,24,26H,3-5,9H2,1-2,36H3,(H,25,28)(H,27,29,30)/b10-6-,24-7?/t11-,13+,18?/m0/s1. The van der Waals surface area contributed by atoms with Crippen LogP contribution in [0.2, 0.25) is 0 Å². The van der Waals surface area contributed by atoms with Crippen molar-refractivity contribution in [2.45, 2.75) is 44.4 Å². The number of allylic oxidation sites excluding steroid dienone is 2. The van der Waals surface area contributed by atoms with E-state index in [2.05, 4.69) is 26.1 Å². The normalized spacial score (nSPS) is 18.8. The summed E-state index contributed by atoms with van der Waals surface area (Å²) in [5, 5.41) is 24.1. The molecule has 36 heavy (non-hydrogen) atoms. The molecule has 1 amide bonds. The Kier molecular flexibility index (Phi) is 9.66. The largest absolute Gasteiger partial charge is 0.488 e. The van der Waals surface area contributed by atoms with Crippen LogP contribution < -0.4 is 26.3 Å². The molecule has 1 unspecified atom stereocenters. The van der Waals surface area contributed by atoms with E-state index >= 15 is 0 Å². The van der Waals surface area contributed by atoms with Crippen LogP contribution >= 0.6 is 11.3 Å². The van der Waals surface area contributed by atoms with Crippen LogP contribution in [-0.4, -0.2) is 64.5 Å². The summed E-state index contributed by atoms with van der Waals surface area (Å²) in [6.45, 7) is 1.13. The summed E-state index contributed by atoms with van der Waals surface area (Å²) >= 11 is 1.06. The summed E-state index contributed by atoms with van der Waals surface area (Å²) in [4.78, 5) is 25.3. The van der Waals surface area contributed by atoms with E-state index in [9.17, 15) is 18.4 Å². The molecule has 1 aliphatic rings. The number of methoxy groups -OCH3 is 1. The molecule has 1 fully saturated rings. The van der Waals surface area contributed by atoms with Gasteiger partial charge in [-0.05, 0) is 25.8 Å². The van der Waals surface area contributed by atoms with Crippen LogP contribution in [0.5, 0.6) is 5.75 Å². The first kappa shape index (κ1) is 27.4.